The van der Waals surface area contributed by atoms with E-state index in [-0.39, 0.29) is 27.3 Å². The normalized spacial score (nSPS) is 12.0. The van der Waals surface area contributed by atoms with E-state index in [0.717, 1.165) is 24.3 Å². The molecule has 0 heterocycles. The van der Waals surface area contributed by atoms with Crippen molar-refractivity contribution in [2.45, 2.75) is 17.9 Å². The molecule has 0 aliphatic heterocycles. The molecule has 0 radical (unpaired) electrons. The highest BCUT2D eigenvalue weighted by Crippen LogP contribution is 2.21. The van der Waals surface area contributed by atoms with E-state index >= 15 is 0 Å². The highest BCUT2D eigenvalue weighted by molar-refractivity contribution is 7.92. The number of benzene rings is 3. The number of carbonyl (C=O) groups excluding carboxylic acids is 2. The number of sulfonamides is 1. The molecule has 0 fully saturated rings. The fraction of sp³-hybridized carbons (Fsp3) is 0.130. The van der Waals surface area contributed by atoms with Crippen molar-refractivity contribution < 1.29 is 31.2 Å². The molecule has 0 saturated carbocycles. The first-order chi connectivity index (χ1) is 16.0. The topological polar surface area (TPSA) is 104 Å². The number of anilines is 1. The Labute approximate surface area is 194 Å². The van der Waals surface area contributed by atoms with Crippen molar-refractivity contribution in [3.8, 4) is 0 Å². The predicted molar refractivity (Wildman–Crippen MR) is 119 cm³/mol. The summed E-state index contributed by atoms with van der Waals surface area (Å²) < 4.78 is 68.2. The van der Waals surface area contributed by atoms with Gasteiger partial charge in [-0.3, -0.25) is 14.3 Å². The van der Waals surface area contributed by atoms with Crippen LogP contribution in [0.15, 0.2) is 65.6 Å². The van der Waals surface area contributed by atoms with Crippen molar-refractivity contribution in [2.75, 3.05) is 11.8 Å². The molecule has 3 aromatic rings. The number of nitrogens with one attached hydrogen (secondary N) is 3. The Bertz CT molecular complexity index is 1360. The van der Waals surface area contributed by atoms with Crippen LogP contribution in [0.4, 0.5) is 18.9 Å². The molecular formula is C23H20F3N3O4S. The third-order valence-electron chi connectivity index (χ3n) is 4.89. The minimum absolute atomic E-state index is 0.00450. The first-order valence-corrected chi connectivity index (χ1v) is 11.4. The molecule has 1 unspecified atom stereocenters. The molecule has 3 N–H and O–H groups in total. The van der Waals surface area contributed by atoms with Gasteiger partial charge in [0.1, 0.15) is 11.9 Å². The quantitative estimate of drug-likeness (QED) is 0.471. The molecule has 3 rings (SSSR count). The largest absolute Gasteiger partial charge is 0.357 e. The summed E-state index contributed by atoms with van der Waals surface area (Å²) in [5.74, 6) is -4.45. The maximum Gasteiger partial charge on any atom is 0.261 e. The van der Waals surface area contributed by atoms with Crippen LogP contribution in [-0.2, 0) is 14.8 Å². The summed E-state index contributed by atoms with van der Waals surface area (Å²) >= 11 is 0. The zero-order valence-corrected chi connectivity index (χ0v) is 18.8. The monoisotopic (exact) mass is 491 g/mol. The Morgan fingerprint density at radius 3 is 2.26 bits per heavy atom. The van der Waals surface area contributed by atoms with Gasteiger partial charge in [0, 0.05) is 18.3 Å². The van der Waals surface area contributed by atoms with Crippen molar-refractivity contribution in [1.29, 1.82) is 0 Å². The lowest BCUT2D eigenvalue weighted by Crippen LogP contribution is -2.39. The van der Waals surface area contributed by atoms with Gasteiger partial charge in [0.05, 0.1) is 4.90 Å². The van der Waals surface area contributed by atoms with Gasteiger partial charge in [-0.2, -0.15) is 0 Å². The van der Waals surface area contributed by atoms with Crippen LogP contribution in [0.25, 0.3) is 0 Å². The second-order valence-corrected chi connectivity index (χ2v) is 8.97. The van der Waals surface area contributed by atoms with Crippen molar-refractivity contribution in [2.24, 2.45) is 0 Å². The maximum absolute atomic E-state index is 13.8. The Morgan fingerprint density at radius 1 is 0.882 bits per heavy atom. The average molecular weight is 491 g/mol. The van der Waals surface area contributed by atoms with Gasteiger partial charge in [-0.15, -0.1) is 0 Å². The molecule has 7 nitrogen and oxygen atoms in total. The minimum Gasteiger partial charge on any atom is -0.357 e. The molecule has 11 heteroatoms. The summed E-state index contributed by atoms with van der Waals surface area (Å²) in [6.45, 7) is 1.49. The van der Waals surface area contributed by atoms with Gasteiger partial charge in [-0.1, -0.05) is 18.2 Å². The van der Waals surface area contributed by atoms with E-state index in [1.165, 1.54) is 50.4 Å². The highest BCUT2D eigenvalue weighted by Gasteiger charge is 2.24. The molecule has 34 heavy (non-hydrogen) atoms. The van der Waals surface area contributed by atoms with Crippen molar-refractivity contribution in [1.82, 2.24) is 10.6 Å². The van der Waals surface area contributed by atoms with Crippen molar-refractivity contribution >= 4 is 27.5 Å². The molecule has 0 aliphatic carbocycles. The summed E-state index contributed by atoms with van der Waals surface area (Å²) in [6.07, 6.45) is 0. The Morgan fingerprint density at radius 2 is 1.62 bits per heavy atom. The predicted octanol–water partition coefficient (Wildman–Crippen LogP) is 3.43. The SMILES string of the molecule is CNC(=O)C(NC(=O)c1cccc(NS(=O)(=O)c2ccc(C)c(F)c2)c1)c1ccc(F)c(F)c1. The van der Waals surface area contributed by atoms with Crippen LogP contribution in [0.1, 0.15) is 27.5 Å². The number of likely N-dealkylation sites (N-methyl/N-ethyl adjacent to an activating group) is 1. The summed E-state index contributed by atoms with van der Waals surface area (Å²) in [5, 5.41) is 4.75. The fourth-order valence-electron chi connectivity index (χ4n) is 3.03. The van der Waals surface area contributed by atoms with Crippen LogP contribution in [0.3, 0.4) is 0 Å². The molecule has 3 aromatic carbocycles. The van der Waals surface area contributed by atoms with E-state index in [4.69, 9.17) is 0 Å². The first kappa shape index (κ1) is 24.8. The van der Waals surface area contributed by atoms with Gasteiger partial charge in [-0.05, 0) is 60.5 Å². The summed E-state index contributed by atoms with van der Waals surface area (Å²) in [5.41, 5.74) is 0.277. The third kappa shape index (κ3) is 5.54. The van der Waals surface area contributed by atoms with E-state index in [9.17, 15) is 31.2 Å². The number of hydrogen-bond acceptors (Lipinski definition) is 4. The van der Waals surface area contributed by atoms with Crippen LogP contribution < -0.4 is 15.4 Å². The molecular weight excluding hydrogens is 471 g/mol. The van der Waals surface area contributed by atoms with Crippen molar-refractivity contribution in [3.05, 3.63) is 94.8 Å². The van der Waals surface area contributed by atoms with Crippen LogP contribution in [0, 0.1) is 24.4 Å². The highest BCUT2D eigenvalue weighted by atomic mass is 32.2. The van der Waals surface area contributed by atoms with Crippen LogP contribution in [0.2, 0.25) is 0 Å². The molecule has 0 aliphatic rings. The number of halogens is 3. The minimum atomic E-state index is -4.15. The molecule has 0 saturated heterocycles. The number of amides is 2. The smallest absolute Gasteiger partial charge is 0.261 e. The molecule has 0 aromatic heterocycles. The molecule has 178 valence electrons. The zero-order valence-electron chi connectivity index (χ0n) is 18.0. The number of aryl methyl sites for hydroxylation is 1. The molecule has 0 spiro atoms. The lowest BCUT2D eigenvalue weighted by atomic mass is 10.0. The molecule has 0 bridgehead atoms. The third-order valence-corrected chi connectivity index (χ3v) is 6.27. The lowest BCUT2D eigenvalue weighted by Gasteiger charge is -2.18. The van der Waals surface area contributed by atoms with E-state index < -0.39 is 45.3 Å². The maximum atomic E-state index is 13.8. The van der Waals surface area contributed by atoms with Gasteiger partial charge in [-0.25, -0.2) is 21.6 Å². The molecule has 1 atom stereocenters. The van der Waals surface area contributed by atoms with Crippen LogP contribution in [-0.4, -0.2) is 27.3 Å². The number of rotatable bonds is 7. The van der Waals surface area contributed by atoms with E-state index in [0.29, 0.717) is 0 Å². The standard InChI is InChI=1S/C23H20F3N3O4S/c1-13-6-8-17(12-19(13)25)34(32,33)29-16-5-3-4-15(10-16)22(30)28-21(23(31)27-2)14-7-9-18(24)20(26)11-14/h3-12,21,29H,1-2H3,(H,27,31)(H,28,30). The van der Waals surface area contributed by atoms with Gasteiger partial charge in [0.15, 0.2) is 11.6 Å². The average Bonchev–Trinajstić information content (AvgIpc) is 2.80. The summed E-state index contributed by atoms with van der Waals surface area (Å²) in [6, 6.07) is 10.2. The fourth-order valence-corrected chi connectivity index (χ4v) is 4.09. The summed E-state index contributed by atoms with van der Waals surface area (Å²) in [4.78, 5) is 24.8. The van der Waals surface area contributed by atoms with Crippen LogP contribution >= 0.6 is 0 Å². The summed E-state index contributed by atoms with van der Waals surface area (Å²) in [7, 11) is -2.84. The van der Waals surface area contributed by atoms with Gasteiger partial charge < -0.3 is 10.6 Å². The molecule has 2 amide bonds. The van der Waals surface area contributed by atoms with Gasteiger partial charge in [0.2, 0.25) is 5.91 Å². The zero-order chi connectivity index (χ0) is 25.0. The Kier molecular flexibility index (Phi) is 7.26. The van der Waals surface area contributed by atoms with Gasteiger partial charge in [0.25, 0.3) is 15.9 Å². The van der Waals surface area contributed by atoms with E-state index in [1.807, 2.05) is 0 Å². The first-order valence-electron chi connectivity index (χ1n) is 9.88. The van der Waals surface area contributed by atoms with E-state index in [2.05, 4.69) is 15.4 Å². The van der Waals surface area contributed by atoms with E-state index in [1.54, 1.807) is 0 Å². The Hall–Kier alpha value is -3.86. The number of carbonyl (C=O) groups is 2. The second kappa shape index (κ2) is 9.96. The Balaban J connectivity index is 1.84. The number of hydrogen-bond donors (Lipinski definition) is 3. The second-order valence-electron chi connectivity index (χ2n) is 7.29. The van der Waals surface area contributed by atoms with Gasteiger partial charge >= 0.3 is 0 Å². The lowest BCUT2D eigenvalue weighted by molar-refractivity contribution is -0.122. The van der Waals surface area contributed by atoms with Crippen molar-refractivity contribution in [3.63, 3.8) is 0 Å². The van der Waals surface area contributed by atoms with Crippen LogP contribution in [0.5, 0.6) is 0 Å².